The normalized spacial score (nSPS) is 20.7. The zero-order valence-corrected chi connectivity index (χ0v) is 19.0. The highest BCUT2D eigenvalue weighted by Gasteiger charge is 2.40. The van der Waals surface area contributed by atoms with Gasteiger partial charge < -0.3 is 4.43 Å². The van der Waals surface area contributed by atoms with Gasteiger partial charge in [-0.3, -0.25) is 0 Å². The van der Waals surface area contributed by atoms with Crippen molar-refractivity contribution >= 4 is 25.1 Å². The van der Waals surface area contributed by atoms with Crippen molar-refractivity contribution in [3.05, 3.63) is 35.9 Å². The zero-order chi connectivity index (χ0) is 18.7. The van der Waals surface area contributed by atoms with Crippen LogP contribution in [0.25, 0.3) is 0 Å². The van der Waals surface area contributed by atoms with Crippen LogP contribution in [0, 0.1) is 0 Å². The molecule has 2 nitrogen and oxygen atoms in total. The van der Waals surface area contributed by atoms with Crippen LogP contribution in [0.5, 0.6) is 0 Å². The minimum Gasteiger partial charge on any atom is -0.410 e. The molecule has 2 rings (SSSR count). The standard InChI is InChI=1S/C21H36NOSSi/c1-17-12-11-15-20(24-5)22(17)19(18-13-9-8-10-14-18)16-23-25(6,7)21(2,3)4/h8-10,13-14,17,19H,11-12,15-16H2,1-7H3/q+1/t17-,19+/m1/s1. The maximum atomic E-state index is 6.68. The molecule has 0 aliphatic carbocycles. The molecule has 0 saturated carbocycles. The van der Waals surface area contributed by atoms with E-state index in [1.165, 1.54) is 29.9 Å². The van der Waals surface area contributed by atoms with E-state index in [4.69, 9.17) is 4.43 Å². The highest BCUT2D eigenvalue weighted by molar-refractivity contribution is 8.13. The summed E-state index contributed by atoms with van der Waals surface area (Å²) in [5.41, 5.74) is 1.38. The molecule has 0 fully saturated rings. The molecule has 0 unspecified atom stereocenters. The fourth-order valence-corrected chi connectivity index (χ4v) is 5.14. The van der Waals surface area contributed by atoms with Gasteiger partial charge in [-0.25, -0.2) is 4.58 Å². The molecule has 1 aromatic carbocycles. The van der Waals surface area contributed by atoms with Crippen molar-refractivity contribution in [2.75, 3.05) is 12.9 Å². The van der Waals surface area contributed by atoms with Crippen LogP contribution in [-0.2, 0) is 4.43 Å². The van der Waals surface area contributed by atoms with Crippen LogP contribution in [0.2, 0.25) is 18.1 Å². The smallest absolute Gasteiger partial charge is 0.211 e. The first-order valence-electron chi connectivity index (χ1n) is 9.54. The van der Waals surface area contributed by atoms with Crippen molar-refractivity contribution in [1.82, 2.24) is 0 Å². The first kappa shape index (κ1) is 20.7. The lowest BCUT2D eigenvalue weighted by Crippen LogP contribution is -2.44. The minimum atomic E-state index is -1.76. The van der Waals surface area contributed by atoms with Crippen LogP contribution in [0.1, 0.15) is 58.6 Å². The van der Waals surface area contributed by atoms with Gasteiger partial charge in [-0.15, -0.1) is 0 Å². The molecular weight excluding hydrogens is 342 g/mol. The van der Waals surface area contributed by atoms with Gasteiger partial charge in [0, 0.05) is 18.4 Å². The molecule has 140 valence electrons. The van der Waals surface area contributed by atoms with Crippen LogP contribution in [0.3, 0.4) is 0 Å². The lowest BCUT2D eigenvalue weighted by molar-refractivity contribution is -0.609. The van der Waals surface area contributed by atoms with Crippen LogP contribution >= 0.6 is 11.8 Å². The third kappa shape index (κ3) is 4.99. The Morgan fingerprint density at radius 3 is 2.44 bits per heavy atom. The molecule has 0 radical (unpaired) electrons. The van der Waals surface area contributed by atoms with Gasteiger partial charge in [0.25, 0.3) is 0 Å². The average Bonchev–Trinajstić information content (AvgIpc) is 2.56. The lowest BCUT2D eigenvalue weighted by Gasteiger charge is -2.37. The van der Waals surface area contributed by atoms with E-state index in [0.29, 0.717) is 12.1 Å². The van der Waals surface area contributed by atoms with Gasteiger partial charge in [-0.2, -0.15) is 0 Å². The fourth-order valence-electron chi connectivity index (χ4n) is 3.27. The zero-order valence-electron chi connectivity index (χ0n) is 17.1. The molecule has 0 bridgehead atoms. The summed E-state index contributed by atoms with van der Waals surface area (Å²) in [6.45, 7) is 14.8. The second kappa shape index (κ2) is 8.41. The first-order chi connectivity index (χ1) is 11.7. The van der Waals surface area contributed by atoms with Crippen molar-refractivity contribution < 1.29 is 9.00 Å². The highest BCUT2D eigenvalue weighted by atomic mass is 32.2. The summed E-state index contributed by atoms with van der Waals surface area (Å²) in [5, 5.41) is 1.76. The van der Waals surface area contributed by atoms with E-state index in [9.17, 15) is 0 Å². The largest absolute Gasteiger partial charge is 0.410 e. The Balaban J connectivity index is 2.36. The molecule has 0 aromatic heterocycles. The van der Waals surface area contributed by atoms with E-state index in [2.05, 4.69) is 82.0 Å². The number of hydrogen-bond acceptors (Lipinski definition) is 2. The van der Waals surface area contributed by atoms with Gasteiger partial charge in [0.2, 0.25) is 11.1 Å². The van der Waals surface area contributed by atoms with E-state index in [1.807, 2.05) is 11.8 Å². The molecule has 4 heteroatoms. The van der Waals surface area contributed by atoms with Gasteiger partial charge in [0.1, 0.15) is 6.61 Å². The van der Waals surface area contributed by atoms with E-state index in [1.54, 1.807) is 0 Å². The summed E-state index contributed by atoms with van der Waals surface area (Å²) in [4.78, 5) is 0. The topological polar surface area (TPSA) is 12.2 Å². The lowest BCUT2D eigenvalue weighted by atomic mass is 10.0. The molecule has 0 saturated heterocycles. The first-order valence-corrected chi connectivity index (χ1v) is 13.7. The van der Waals surface area contributed by atoms with Crippen molar-refractivity contribution in [2.45, 2.75) is 77.2 Å². The predicted molar refractivity (Wildman–Crippen MR) is 114 cm³/mol. The Labute approximate surface area is 160 Å². The fraction of sp³-hybridized carbons (Fsp3) is 0.667. The maximum absolute atomic E-state index is 6.68. The summed E-state index contributed by atoms with van der Waals surface area (Å²) in [5.74, 6) is 0. The van der Waals surface area contributed by atoms with E-state index in [0.717, 1.165) is 6.61 Å². The minimum absolute atomic E-state index is 0.244. The van der Waals surface area contributed by atoms with Crippen molar-refractivity contribution in [3.63, 3.8) is 0 Å². The van der Waals surface area contributed by atoms with Gasteiger partial charge >= 0.3 is 0 Å². The molecule has 0 spiro atoms. The van der Waals surface area contributed by atoms with E-state index < -0.39 is 8.32 Å². The third-order valence-corrected chi connectivity index (χ3v) is 11.3. The van der Waals surface area contributed by atoms with E-state index in [-0.39, 0.29) is 5.04 Å². The average molecular weight is 379 g/mol. The second-order valence-corrected chi connectivity index (χ2v) is 14.4. The van der Waals surface area contributed by atoms with Crippen molar-refractivity contribution in [2.24, 2.45) is 0 Å². The van der Waals surface area contributed by atoms with Crippen molar-refractivity contribution in [3.8, 4) is 0 Å². The number of rotatable bonds is 5. The summed E-state index contributed by atoms with van der Waals surface area (Å²) in [6, 6.07) is 11.8. The van der Waals surface area contributed by atoms with Crippen LogP contribution < -0.4 is 0 Å². The summed E-state index contributed by atoms with van der Waals surface area (Å²) in [6.07, 6.45) is 6.00. The molecule has 2 atom stereocenters. The predicted octanol–water partition coefficient (Wildman–Crippen LogP) is 6.10. The van der Waals surface area contributed by atoms with Gasteiger partial charge in [0.05, 0.1) is 0 Å². The number of thioether (sulfide) groups is 1. The number of hydrogen-bond donors (Lipinski definition) is 0. The SMILES string of the molecule is CSC1=[N+]([C@@H](CO[Si](C)(C)C(C)(C)C)c2ccccc2)[C@H](C)CCC1. The summed E-state index contributed by atoms with van der Waals surface area (Å²) >= 11 is 1.92. The van der Waals surface area contributed by atoms with Crippen molar-refractivity contribution in [1.29, 1.82) is 0 Å². The van der Waals surface area contributed by atoms with Crippen LogP contribution in [0.15, 0.2) is 30.3 Å². The van der Waals surface area contributed by atoms with E-state index >= 15 is 0 Å². The summed E-state index contributed by atoms with van der Waals surface area (Å²) in [7, 11) is -1.76. The molecular formula is C21H36NOSSi+. The molecule has 25 heavy (non-hydrogen) atoms. The maximum Gasteiger partial charge on any atom is 0.211 e. The molecule has 0 N–H and O–H groups in total. The molecule has 1 aliphatic heterocycles. The Bertz CT molecular complexity index is 592. The highest BCUT2D eigenvalue weighted by Crippen LogP contribution is 2.38. The molecule has 0 amide bonds. The monoisotopic (exact) mass is 378 g/mol. The van der Waals surface area contributed by atoms with Crippen LogP contribution in [-0.4, -0.2) is 36.8 Å². The third-order valence-electron chi connectivity index (χ3n) is 5.94. The second-order valence-electron chi connectivity index (χ2n) is 8.74. The number of benzene rings is 1. The van der Waals surface area contributed by atoms with Gasteiger partial charge in [-0.1, -0.05) is 62.9 Å². The quantitative estimate of drug-likeness (QED) is 0.453. The Kier molecular flexibility index (Phi) is 6.97. The van der Waals surface area contributed by atoms with Crippen LogP contribution in [0.4, 0.5) is 0 Å². The van der Waals surface area contributed by atoms with Gasteiger partial charge in [0.15, 0.2) is 14.4 Å². The van der Waals surface area contributed by atoms with Gasteiger partial charge in [-0.05, 0) is 37.7 Å². The molecule has 1 aromatic rings. The molecule has 1 heterocycles. The molecule has 1 aliphatic rings. The number of nitrogens with zero attached hydrogens (tertiary/aromatic N) is 1. The Morgan fingerprint density at radius 2 is 1.88 bits per heavy atom. The Hall–Kier alpha value is -0.583. The Morgan fingerprint density at radius 1 is 1.24 bits per heavy atom. The summed E-state index contributed by atoms with van der Waals surface area (Å²) < 4.78 is 9.33.